The summed E-state index contributed by atoms with van der Waals surface area (Å²) >= 11 is 0. The van der Waals surface area contributed by atoms with Gasteiger partial charge in [-0.15, -0.1) is 0 Å². The highest BCUT2D eigenvalue weighted by molar-refractivity contribution is 5.89. The number of carbonyl (C=O) groups excluding carboxylic acids is 1. The molecule has 0 bridgehead atoms. The van der Waals surface area contributed by atoms with Crippen LogP contribution in [0.25, 0.3) is 0 Å². The first-order chi connectivity index (χ1) is 11.3. The van der Waals surface area contributed by atoms with Crippen molar-refractivity contribution >= 4 is 5.97 Å². The van der Waals surface area contributed by atoms with E-state index in [1.807, 2.05) is 6.92 Å². The van der Waals surface area contributed by atoms with Gasteiger partial charge in [0.05, 0.1) is 38.1 Å². The molecule has 6 N–H and O–H groups in total. The number of hydrogen-bond donors (Lipinski definition) is 6. The molecule has 1 aromatic rings. The quantitative estimate of drug-likeness (QED) is 0.382. The lowest BCUT2D eigenvalue weighted by Gasteiger charge is -2.02. The minimum atomic E-state index is -0.954. The molecule has 0 spiro atoms. The van der Waals surface area contributed by atoms with E-state index in [0.29, 0.717) is 12.2 Å². The van der Waals surface area contributed by atoms with Gasteiger partial charge >= 0.3 is 5.97 Å². The van der Waals surface area contributed by atoms with E-state index < -0.39 is 12.2 Å². The first-order valence-corrected chi connectivity index (χ1v) is 7.47. The molecule has 0 heterocycles. The van der Waals surface area contributed by atoms with Crippen LogP contribution >= 0.6 is 0 Å². The Kier molecular flexibility index (Phi) is 16.5. The predicted octanol–water partition coefficient (Wildman–Crippen LogP) is -0.350. The van der Waals surface area contributed by atoms with Gasteiger partial charge in [-0.3, -0.25) is 0 Å². The lowest BCUT2D eigenvalue weighted by molar-refractivity contribution is 0.0450. The number of hydrogen-bond acceptors (Lipinski definition) is 8. The van der Waals surface area contributed by atoms with Crippen LogP contribution in [0.3, 0.4) is 0 Å². The number of esters is 1. The van der Waals surface area contributed by atoms with E-state index in [-0.39, 0.29) is 31.5 Å². The summed E-state index contributed by atoms with van der Waals surface area (Å²) in [5.74, 6) is -0.200. The number of benzene rings is 1. The van der Waals surface area contributed by atoms with Crippen molar-refractivity contribution in [2.75, 3.05) is 26.4 Å². The normalized spacial score (nSPS) is 10.8. The number of aromatic hydroxyl groups is 1. The van der Waals surface area contributed by atoms with Crippen LogP contribution in [-0.4, -0.2) is 75.2 Å². The molecule has 24 heavy (non-hydrogen) atoms. The molecule has 0 aliphatic carbocycles. The van der Waals surface area contributed by atoms with Gasteiger partial charge in [0.2, 0.25) is 0 Å². The number of ether oxygens (including phenoxy) is 1. The van der Waals surface area contributed by atoms with Crippen molar-refractivity contribution in [1.82, 2.24) is 0 Å². The summed E-state index contributed by atoms with van der Waals surface area (Å²) in [5, 5.41) is 49.0. The van der Waals surface area contributed by atoms with Gasteiger partial charge in [-0.25, -0.2) is 4.79 Å². The average Bonchev–Trinajstić information content (AvgIpc) is 2.60. The Morgan fingerprint density at radius 3 is 1.79 bits per heavy atom. The summed E-state index contributed by atoms with van der Waals surface area (Å²) < 4.78 is 4.90. The lowest BCUT2D eigenvalue weighted by atomic mass is 10.2. The van der Waals surface area contributed by atoms with Crippen molar-refractivity contribution in [3.05, 3.63) is 29.8 Å². The zero-order valence-electron chi connectivity index (χ0n) is 14.0. The largest absolute Gasteiger partial charge is 0.508 e. The molecule has 8 heteroatoms. The monoisotopic (exact) mass is 348 g/mol. The Hall–Kier alpha value is -1.71. The van der Waals surface area contributed by atoms with Crippen molar-refractivity contribution < 1.29 is 40.2 Å². The van der Waals surface area contributed by atoms with Crippen LogP contribution < -0.4 is 0 Å². The molecule has 1 aromatic carbocycles. The summed E-state index contributed by atoms with van der Waals surface area (Å²) in [5.41, 5.74) is 0.464. The standard InChI is InChI=1S/C10H12O3.C3H8O3.C3H8O2/c1-2-7-13-10(12)8-3-5-9(11)6-4-8;4-1-3(6)2-5;1-3(5)2-4/h3-6,11H,2,7H2,1H3;3-6H,1-2H2;3-5H,2H2,1H3. The first kappa shape index (κ1) is 24.5. The Bertz CT molecular complexity index is 401. The van der Waals surface area contributed by atoms with Crippen molar-refractivity contribution in [3.63, 3.8) is 0 Å². The van der Waals surface area contributed by atoms with E-state index in [4.69, 9.17) is 35.4 Å². The molecular weight excluding hydrogens is 320 g/mol. The van der Waals surface area contributed by atoms with Crippen molar-refractivity contribution in [1.29, 1.82) is 0 Å². The number of aliphatic hydroxyl groups excluding tert-OH is 5. The smallest absolute Gasteiger partial charge is 0.338 e. The summed E-state index contributed by atoms with van der Waals surface area (Å²) in [6.07, 6.45) is -0.705. The molecule has 0 saturated carbocycles. The number of carbonyl (C=O) groups is 1. The zero-order valence-corrected chi connectivity index (χ0v) is 14.0. The molecule has 1 unspecified atom stereocenters. The highest BCUT2D eigenvalue weighted by atomic mass is 16.5. The van der Waals surface area contributed by atoms with Crippen LogP contribution in [0.5, 0.6) is 5.75 Å². The maximum absolute atomic E-state index is 11.2. The summed E-state index contributed by atoms with van der Waals surface area (Å²) in [4.78, 5) is 11.2. The molecule has 140 valence electrons. The fourth-order valence-electron chi connectivity index (χ4n) is 0.933. The van der Waals surface area contributed by atoms with Gasteiger partial charge in [0.25, 0.3) is 0 Å². The van der Waals surface area contributed by atoms with Crippen LogP contribution in [0, 0.1) is 0 Å². The van der Waals surface area contributed by atoms with E-state index in [2.05, 4.69) is 0 Å². The topological polar surface area (TPSA) is 148 Å². The second kappa shape index (κ2) is 16.2. The van der Waals surface area contributed by atoms with Gasteiger partial charge in [-0.1, -0.05) is 6.92 Å². The Morgan fingerprint density at radius 2 is 1.50 bits per heavy atom. The molecule has 1 rings (SSSR count). The minimum Gasteiger partial charge on any atom is -0.508 e. The van der Waals surface area contributed by atoms with E-state index in [1.54, 1.807) is 0 Å². The number of aliphatic hydroxyl groups is 5. The molecule has 0 aromatic heterocycles. The Balaban J connectivity index is 0. The van der Waals surface area contributed by atoms with Crippen LogP contribution in [0.1, 0.15) is 30.6 Å². The predicted molar refractivity (Wildman–Crippen MR) is 87.6 cm³/mol. The molecule has 0 aliphatic heterocycles. The van der Waals surface area contributed by atoms with E-state index >= 15 is 0 Å². The zero-order chi connectivity index (χ0) is 19.0. The van der Waals surface area contributed by atoms with E-state index in [9.17, 15) is 4.79 Å². The highest BCUT2D eigenvalue weighted by Crippen LogP contribution is 2.10. The number of phenols is 1. The van der Waals surface area contributed by atoms with E-state index in [1.165, 1.54) is 31.2 Å². The molecule has 1 atom stereocenters. The molecule has 0 saturated heterocycles. The Labute approximate surface area is 141 Å². The maximum Gasteiger partial charge on any atom is 0.338 e. The van der Waals surface area contributed by atoms with Crippen LogP contribution in [-0.2, 0) is 4.74 Å². The third kappa shape index (κ3) is 15.2. The van der Waals surface area contributed by atoms with Crippen LogP contribution in [0.4, 0.5) is 0 Å². The van der Waals surface area contributed by atoms with Crippen LogP contribution in [0.15, 0.2) is 24.3 Å². The third-order valence-corrected chi connectivity index (χ3v) is 2.23. The van der Waals surface area contributed by atoms with E-state index in [0.717, 1.165) is 6.42 Å². The van der Waals surface area contributed by atoms with Crippen molar-refractivity contribution in [3.8, 4) is 5.75 Å². The average molecular weight is 348 g/mol. The second-order valence-electron chi connectivity index (χ2n) is 4.73. The third-order valence-electron chi connectivity index (χ3n) is 2.23. The number of rotatable bonds is 6. The van der Waals surface area contributed by atoms with Gasteiger partial charge < -0.3 is 35.4 Å². The fourth-order valence-corrected chi connectivity index (χ4v) is 0.933. The van der Waals surface area contributed by atoms with Gasteiger partial charge in [0.15, 0.2) is 0 Å². The van der Waals surface area contributed by atoms with Crippen molar-refractivity contribution in [2.45, 2.75) is 32.5 Å². The van der Waals surface area contributed by atoms with Gasteiger partial charge in [0.1, 0.15) is 11.9 Å². The van der Waals surface area contributed by atoms with Crippen molar-refractivity contribution in [2.24, 2.45) is 0 Å². The second-order valence-corrected chi connectivity index (χ2v) is 4.73. The maximum atomic E-state index is 11.2. The molecule has 0 aliphatic rings. The van der Waals surface area contributed by atoms with Gasteiger partial charge in [-0.05, 0) is 37.6 Å². The molecule has 0 radical (unpaired) electrons. The Morgan fingerprint density at radius 1 is 1.04 bits per heavy atom. The minimum absolute atomic E-state index is 0.139. The fraction of sp³-hybridized carbons (Fsp3) is 0.562. The highest BCUT2D eigenvalue weighted by Gasteiger charge is 2.05. The van der Waals surface area contributed by atoms with Crippen LogP contribution in [0.2, 0.25) is 0 Å². The number of phenolic OH excluding ortho intramolecular Hbond substituents is 1. The molecule has 0 fully saturated rings. The van der Waals surface area contributed by atoms with Gasteiger partial charge in [-0.2, -0.15) is 0 Å². The SMILES string of the molecule is CC(O)CO.CCCOC(=O)c1ccc(O)cc1.OCC(O)CO. The lowest BCUT2D eigenvalue weighted by Crippen LogP contribution is -2.15. The molecular formula is C16H28O8. The first-order valence-electron chi connectivity index (χ1n) is 7.47. The molecule has 8 nitrogen and oxygen atoms in total. The summed E-state index contributed by atoms with van der Waals surface area (Å²) in [6, 6.07) is 5.99. The summed E-state index contributed by atoms with van der Waals surface area (Å²) in [6.45, 7) is 3.02. The molecule has 0 amide bonds. The van der Waals surface area contributed by atoms with Gasteiger partial charge in [0, 0.05) is 0 Å². The summed E-state index contributed by atoms with van der Waals surface area (Å²) in [7, 11) is 0.